The molecule has 2 saturated heterocycles. The summed E-state index contributed by atoms with van der Waals surface area (Å²) in [5.74, 6) is 1.28. The van der Waals surface area contributed by atoms with Crippen molar-refractivity contribution in [3.05, 3.63) is 84.7 Å². The normalized spacial score (nSPS) is 17.5. The van der Waals surface area contributed by atoms with Crippen molar-refractivity contribution in [2.75, 3.05) is 26.2 Å². The predicted molar refractivity (Wildman–Crippen MR) is 153 cm³/mol. The van der Waals surface area contributed by atoms with Gasteiger partial charge in [-0.25, -0.2) is 0 Å². The molecule has 1 N–H and O–H groups in total. The second-order valence-electron chi connectivity index (χ2n) is 8.87. The number of rotatable bonds is 6. The van der Waals surface area contributed by atoms with Crippen molar-refractivity contribution in [2.45, 2.75) is 50.5 Å². The Hall–Kier alpha value is -3.15. The van der Waals surface area contributed by atoms with Crippen molar-refractivity contribution in [1.29, 1.82) is 0 Å². The van der Waals surface area contributed by atoms with E-state index in [1.54, 1.807) is 37.3 Å². The van der Waals surface area contributed by atoms with Crippen LogP contribution in [-0.2, 0) is 9.59 Å². The fourth-order valence-electron chi connectivity index (χ4n) is 3.98. The molecule has 7 heteroatoms. The smallest absolute Gasteiger partial charge is 0.263 e. The van der Waals surface area contributed by atoms with E-state index in [4.69, 9.17) is 9.84 Å². The molecule has 1 aromatic carbocycles. The Kier molecular flexibility index (Phi) is 12.9. The highest BCUT2D eigenvalue weighted by Gasteiger charge is 2.25. The van der Waals surface area contributed by atoms with Gasteiger partial charge in [-0.05, 0) is 51.7 Å². The standard InChI is InChI=1S/C15H19NO2.C8H6O.C7H12BrNO/c1-3-13-8-4-5-9-14(13)18-12(2)15(17)16-10-6-7-11-16;1-2-7-5-3-4-6-8(7)9;1-6(8)7(10)9-4-2-3-5-9/h3-5,8-9,12H,1,6-7,10-11H2,2H3;2,4-6H,1H2;6H,2-5H2,1H3/p+1. The Labute approximate surface area is 229 Å². The summed E-state index contributed by atoms with van der Waals surface area (Å²) in [5.41, 5.74) is 1.64. The van der Waals surface area contributed by atoms with Gasteiger partial charge >= 0.3 is 0 Å². The summed E-state index contributed by atoms with van der Waals surface area (Å²) >= 11 is 3.26. The van der Waals surface area contributed by atoms with E-state index in [0.29, 0.717) is 5.75 Å². The number of nitrogens with zero attached hydrogens (tertiary/aromatic N) is 2. The molecule has 0 bridgehead atoms. The van der Waals surface area contributed by atoms with Crippen molar-refractivity contribution in [1.82, 2.24) is 9.80 Å². The molecule has 2 amide bonds. The molecular weight excluding hydrogens is 532 g/mol. The van der Waals surface area contributed by atoms with Crippen LogP contribution in [0.15, 0.2) is 73.1 Å². The molecule has 1 aromatic rings. The number of halogens is 1. The lowest BCUT2D eigenvalue weighted by molar-refractivity contribution is -0.136. The molecule has 0 radical (unpaired) electrons. The molecule has 6 nitrogen and oxygen atoms in total. The summed E-state index contributed by atoms with van der Waals surface area (Å²) in [5, 5.41) is 9.02. The van der Waals surface area contributed by atoms with Gasteiger partial charge in [0.25, 0.3) is 5.91 Å². The molecule has 2 heterocycles. The average Bonchev–Trinajstić information content (AvgIpc) is 3.64. The molecule has 2 atom stereocenters. The number of hydrogen-bond donors (Lipinski definition) is 1. The lowest BCUT2D eigenvalue weighted by Gasteiger charge is -2.21. The van der Waals surface area contributed by atoms with Crippen molar-refractivity contribution >= 4 is 33.8 Å². The lowest BCUT2D eigenvalue weighted by atomic mass is 10.1. The number of carbonyl (C=O) groups is 2. The van der Waals surface area contributed by atoms with Gasteiger partial charge in [0, 0.05) is 37.8 Å². The Morgan fingerprint density at radius 1 is 1.00 bits per heavy atom. The van der Waals surface area contributed by atoms with Crippen LogP contribution in [0.25, 0.3) is 6.08 Å². The zero-order valence-electron chi connectivity index (χ0n) is 21.9. The van der Waals surface area contributed by atoms with E-state index in [1.807, 2.05) is 41.0 Å². The van der Waals surface area contributed by atoms with Crippen molar-refractivity contribution < 1.29 is 19.4 Å². The molecule has 0 aromatic heterocycles. The molecular formula is C30H38BrN2O4+. The van der Waals surface area contributed by atoms with Crippen LogP contribution >= 0.6 is 15.9 Å². The van der Waals surface area contributed by atoms with Crippen molar-refractivity contribution in [3.63, 3.8) is 0 Å². The molecule has 3 aliphatic rings. The van der Waals surface area contributed by atoms with Crippen LogP contribution in [0.2, 0.25) is 0 Å². The first-order valence-electron chi connectivity index (χ1n) is 12.7. The summed E-state index contributed by atoms with van der Waals surface area (Å²) in [6.45, 7) is 14.6. The van der Waals surface area contributed by atoms with Gasteiger partial charge in [-0.3, -0.25) is 9.59 Å². The number of alkyl halides is 1. The maximum Gasteiger partial charge on any atom is 0.263 e. The Morgan fingerprint density at radius 2 is 1.57 bits per heavy atom. The fourth-order valence-corrected chi connectivity index (χ4v) is 4.27. The zero-order valence-corrected chi connectivity index (χ0v) is 23.5. The topological polar surface area (TPSA) is 70.1 Å². The third-order valence-electron chi connectivity index (χ3n) is 6.06. The Balaban J connectivity index is 0.000000214. The van der Waals surface area contributed by atoms with Crippen LogP contribution in [0.4, 0.5) is 0 Å². The van der Waals surface area contributed by atoms with Gasteiger partial charge in [-0.1, -0.05) is 53.4 Å². The minimum Gasteiger partial charge on any atom is -0.487 e. The van der Waals surface area contributed by atoms with Crippen LogP contribution in [-0.4, -0.2) is 63.8 Å². The van der Waals surface area contributed by atoms with Gasteiger partial charge in [0.1, 0.15) is 23.5 Å². The van der Waals surface area contributed by atoms with Gasteiger partial charge in [0.15, 0.2) is 6.10 Å². The van der Waals surface area contributed by atoms with Crippen LogP contribution in [0.3, 0.4) is 0 Å². The van der Waals surface area contributed by atoms with Gasteiger partial charge in [-0.15, -0.1) is 0 Å². The molecule has 2 fully saturated rings. The van der Waals surface area contributed by atoms with E-state index < -0.39 is 6.10 Å². The van der Waals surface area contributed by atoms with Crippen molar-refractivity contribution in [2.24, 2.45) is 0 Å². The van der Waals surface area contributed by atoms with Gasteiger partial charge in [0.2, 0.25) is 11.7 Å². The lowest BCUT2D eigenvalue weighted by Crippen LogP contribution is -2.38. The molecule has 198 valence electrons. The molecule has 2 aliphatic heterocycles. The van der Waals surface area contributed by atoms with Crippen LogP contribution in [0.1, 0.15) is 45.1 Å². The van der Waals surface area contributed by atoms with Crippen LogP contribution < -0.4 is 4.74 Å². The molecule has 0 saturated carbocycles. The number of benzene rings is 1. The minimum atomic E-state index is -0.441. The largest absolute Gasteiger partial charge is 0.487 e. The molecule has 1 aliphatic carbocycles. The fraction of sp³-hybridized carbons (Fsp3) is 0.400. The number of aliphatic hydroxyl groups excluding tert-OH is 1. The number of amides is 2. The maximum atomic E-state index is 12.1. The highest BCUT2D eigenvalue weighted by Crippen LogP contribution is 2.21. The van der Waals surface area contributed by atoms with E-state index in [2.05, 4.69) is 35.2 Å². The summed E-state index contributed by atoms with van der Waals surface area (Å²) in [4.78, 5) is 27.1. The third-order valence-corrected chi connectivity index (χ3v) is 6.45. The van der Waals surface area contributed by atoms with Gasteiger partial charge < -0.3 is 19.6 Å². The minimum absolute atomic E-state index is 0.00870. The first-order chi connectivity index (χ1) is 17.8. The SMILES string of the molecule is C=CC1=C(O)C=C[C+]=C1.C=Cc1ccccc1OC(C)C(=O)N1CCCC1.CC(Br)C(=O)N1CCCC1. The number of para-hydroxylation sites is 1. The van der Waals surface area contributed by atoms with Crippen LogP contribution in [0.5, 0.6) is 5.75 Å². The Morgan fingerprint density at radius 3 is 2.05 bits per heavy atom. The second-order valence-corrected chi connectivity index (χ2v) is 10.2. The molecule has 0 spiro atoms. The highest BCUT2D eigenvalue weighted by atomic mass is 79.9. The van der Waals surface area contributed by atoms with E-state index in [-0.39, 0.29) is 22.4 Å². The number of hydrogen-bond acceptors (Lipinski definition) is 4. The summed E-state index contributed by atoms with van der Waals surface area (Å²) < 4.78 is 5.75. The average molecular weight is 571 g/mol. The third kappa shape index (κ3) is 9.67. The maximum absolute atomic E-state index is 12.1. The van der Waals surface area contributed by atoms with Crippen LogP contribution in [0, 0.1) is 6.08 Å². The highest BCUT2D eigenvalue weighted by molar-refractivity contribution is 9.10. The summed E-state index contributed by atoms with van der Waals surface area (Å²) in [6, 6.07) is 7.62. The predicted octanol–water partition coefficient (Wildman–Crippen LogP) is 6.03. The number of likely N-dealkylation sites (tertiary alicyclic amines) is 2. The van der Waals surface area contributed by atoms with E-state index in [0.717, 1.165) is 50.2 Å². The van der Waals surface area contributed by atoms with Crippen molar-refractivity contribution in [3.8, 4) is 5.75 Å². The first kappa shape index (κ1) is 30.1. The van der Waals surface area contributed by atoms with E-state index >= 15 is 0 Å². The van der Waals surface area contributed by atoms with Gasteiger partial charge in [0.05, 0.1) is 10.9 Å². The molecule has 2 unspecified atom stereocenters. The van der Waals surface area contributed by atoms with Gasteiger partial charge in [-0.2, -0.15) is 0 Å². The summed E-state index contributed by atoms with van der Waals surface area (Å²) in [7, 11) is 0. The van der Waals surface area contributed by atoms with E-state index in [1.165, 1.54) is 12.8 Å². The number of ether oxygens (including phenoxy) is 1. The quantitative estimate of drug-likeness (QED) is 0.335. The van der Waals surface area contributed by atoms with E-state index in [9.17, 15) is 9.59 Å². The Bertz CT molecular complexity index is 1020. The molecule has 37 heavy (non-hydrogen) atoms. The molecule has 4 rings (SSSR count). The number of carbonyl (C=O) groups excluding carboxylic acids is 2. The number of allylic oxidation sites excluding steroid dienone is 6. The monoisotopic (exact) mass is 569 g/mol. The summed E-state index contributed by atoms with van der Waals surface area (Å²) in [6.07, 6.45) is 15.2. The number of aliphatic hydroxyl groups is 1. The second kappa shape index (κ2) is 15.9. The zero-order chi connectivity index (χ0) is 27.2. The first-order valence-corrected chi connectivity index (χ1v) is 13.6.